The summed E-state index contributed by atoms with van der Waals surface area (Å²) in [5, 5.41) is 18.8. The average Bonchev–Trinajstić information content (AvgIpc) is 3.34. The lowest BCUT2D eigenvalue weighted by molar-refractivity contribution is -0.274. The molecule has 0 spiro atoms. The van der Waals surface area contributed by atoms with E-state index in [1.807, 2.05) is 11.9 Å². The van der Waals surface area contributed by atoms with E-state index in [9.17, 15) is 22.8 Å². The van der Waals surface area contributed by atoms with Crippen molar-refractivity contribution in [3.63, 3.8) is 0 Å². The molecule has 0 aliphatic carbocycles. The van der Waals surface area contributed by atoms with Gasteiger partial charge >= 0.3 is 6.36 Å². The van der Waals surface area contributed by atoms with Crippen LogP contribution in [0, 0.1) is 0 Å². The number of benzene rings is 1. The zero-order chi connectivity index (χ0) is 29.3. The van der Waals surface area contributed by atoms with E-state index in [1.54, 1.807) is 12.3 Å². The number of alkyl halides is 3. The van der Waals surface area contributed by atoms with Gasteiger partial charge in [-0.3, -0.25) is 24.3 Å². The molecule has 1 aliphatic heterocycles. The van der Waals surface area contributed by atoms with E-state index in [0.717, 1.165) is 19.2 Å². The zero-order valence-corrected chi connectivity index (χ0v) is 22.6. The molecule has 214 valence electrons. The second kappa shape index (κ2) is 14.1. The number of carboxylic acid groups (broad SMARTS) is 1. The van der Waals surface area contributed by atoms with Crippen LogP contribution < -0.4 is 10.1 Å². The molecule has 1 amide bonds. The van der Waals surface area contributed by atoms with Crippen LogP contribution in [0.25, 0.3) is 10.6 Å². The van der Waals surface area contributed by atoms with Gasteiger partial charge in [0.15, 0.2) is 11.5 Å². The summed E-state index contributed by atoms with van der Waals surface area (Å²) in [6.45, 7) is 2.62. The van der Waals surface area contributed by atoms with Gasteiger partial charge in [-0.15, -0.1) is 23.4 Å². The third-order valence-corrected chi connectivity index (χ3v) is 6.67. The third-order valence-electron chi connectivity index (χ3n) is 5.49. The van der Waals surface area contributed by atoms with Gasteiger partial charge in [0.05, 0.1) is 23.7 Å². The van der Waals surface area contributed by atoms with Crippen molar-refractivity contribution in [2.45, 2.75) is 12.8 Å². The maximum Gasteiger partial charge on any atom is 0.573 e. The fraction of sp³-hybridized carbons (Fsp3) is 0.333. The van der Waals surface area contributed by atoms with Crippen molar-refractivity contribution in [1.29, 1.82) is 0 Å². The Morgan fingerprint density at radius 2 is 1.88 bits per heavy atom. The number of Topliss-reactive ketones (excluding diaryl/α,β-unsaturated/α-hetero) is 1. The summed E-state index contributed by atoms with van der Waals surface area (Å²) in [7, 11) is 1.97. The smallest absolute Gasteiger partial charge is 0.483 e. The van der Waals surface area contributed by atoms with Crippen LogP contribution in [0.3, 0.4) is 0 Å². The molecule has 11 nitrogen and oxygen atoms in total. The Hall–Kier alpha value is -3.66. The molecule has 1 saturated heterocycles. The number of pyridine rings is 1. The molecule has 1 aliphatic rings. The second-order valence-electron chi connectivity index (χ2n) is 8.48. The molecule has 4 rings (SSSR count). The number of carbonyl (C=O) groups is 3. The highest BCUT2D eigenvalue weighted by Gasteiger charge is 2.33. The molecule has 0 saturated carbocycles. The Balaban J connectivity index is 0.00000141. The number of hydrogen-bond donors (Lipinski definition) is 2. The quantitative estimate of drug-likeness (QED) is 0.292. The summed E-state index contributed by atoms with van der Waals surface area (Å²) in [4.78, 5) is 41.9. The molecule has 2 aromatic heterocycles. The molecular weight excluding hydrogens is 577 g/mol. The van der Waals surface area contributed by atoms with Gasteiger partial charge in [0, 0.05) is 49.7 Å². The Morgan fingerprint density at radius 1 is 1.18 bits per heavy atom. The van der Waals surface area contributed by atoms with Gasteiger partial charge in [0.25, 0.3) is 6.47 Å². The first kappa shape index (κ1) is 30.9. The van der Waals surface area contributed by atoms with E-state index < -0.39 is 23.8 Å². The molecule has 40 heavy (non-hydrogen) atoms. The van der Waals surface area contributed by atoms with Crippen molar-refractivity contribution < 1.29 is 37.4 Å². The lowest BCUT2D eigenvalue weighted by atomic mass is 10.1. The molecule has 1 fully saturated rings. The SMILES string of the molecule is CN1CCN(CC(=O)Nc2cc(C(=O)Cc3nnc(-c4cncc(Cl)c4)s3)ccc2OC(F)(F)F)CC1.O=CO. The molecule has 3 aromatic rings. The van der Waals surface area contributed by atoms with Gasteiger partial charge in [-0.2, -0.15) is 0 Å². The maximum absolute atomic E-state index is 12.9. The number of anilines is 1. The number of nitrogens with one attached hydrogen (secondary N) is 1. The Morgan fingerprint density at radius 3 is 2.52 bits per heavy atom. The predicted octanol–water partition coefficient (Wildman–Crippen LogP) is 3.46. The molecule has 0 atom stereocenters. The number of ether oxygens (including phenoxy) is 1. The first-order valence-electron chi connectivity index (χ1n) is 11.6. The van der Waals surface area contributed by atoms with Crippen LogP contribution in [-0.2, 0) is 16.0 Å². The fourth-order valence-electron chi connectivity index (χ4n) is 3.62. The van der Waals surface area contributed by atoms with Gasteiger partial charge in [0.2, 0.25) is 5.91 Å². The topological polar surface area (TPSA) is 138 Å². The number of rotatable bonds is 8. The lowest BCUT2D eigenvalue weighted by Crippen LogP contribution is -2.47. The molecule has 3 heterocycles. The minimum absolute atomic E-state index is 0.00337. The normalized spacial score (nSPS) is 14.1. The number of nitrogens with zero attached hydrogens (tertiary/aromatic N) is 5. The van der Waals surface area contributed by atoms with Crippen LogP contribution in [0.2, 0.25) is 5.02 Å². The van der Waals surface area contributed by atoms with E-state index in [2.05, 4.69) is 30.1 Å². The van der Waals surface area contributed by atoms with Crippen molar-refractivity contribution in [3.8, 4) is 16.3 Å². The molecule has 1 aromatic carbocycles. The number of amides is 1. The van der Waals surface area contributed by atoms with E-state index in [0.29, 0.717) is 33.7 Å². The first-order chi connectivity index (χ1) is 19.0. The number of ketones is 1. The van der Waals surface area contributed by atoms with Crippen molar-refractivity contribution in [2.24, 2.45) is 0 Å². The second-order valence-corrected chi connectivity index (χ2v) is 9.98. The average molecular weight is 601 g/mol. The Kier molecular flexibility index (Phi) is 10.9. The first-order valence-corrected chi connectivity index (χ1v) is 12.8. The molecule has 16 heteroatoms. The molecular formula is C24H24ClF3N6O5S. The number of aromatic nitrogens is 3. The highest BCUT2D eigenvalue weighted by Crippen LogP contribution is 2.32. The van der Waals surface area contributed by atoms with Crippen LogP contribution in [-0.4, -0.2) is 94.4 Å². The molecule has 2 N–H and O–H groups in total. The highest BCUT2D eigenvalue weighted by molar-refractivity contribution is 7.14. The largest absolute Gasteiger partial charge is 0.573 e. The Bertz CT molecular complexity index is 1330. The number of halogens is 4. The summed E-state index contributed by atoms with van der Waals surface area (Å²) in [5.41, 5.74) is 0.485. The summed E-state index contributed by atoms with van der Waals surface area (Å²) >= 11 is 7.12. The van der Waals surface area contributed by atoms with Gasteiger partial charge in [-0.05, 0) is 31.3 Å². The standard InChI is InChI=1S/C23H22ClF3N6O3S.CH2O2/c1-32-4-6-33(7-5-32)13-20(35)29-17-9-14(2-3-19(17)36-23(25,26)27)18(34)10-21-30-31-22(37-21)15-8-16(24)12-28-11-15;2-1-3/h2-3,8-9,11-12H,4-7,10,13H2,1H3,(H,29,35);1H,(H,2,3). The van der Waals surface area contributed by atoms with Crippen molar-refractivity contribution >= 4 is 46.8 Å². The van der Waals surface area contributed by atoms with Crippen molar-refractivity contribution in [2.75, 3.05) is 45.1 Å². The van der Waals surface area contributed by atoms with Crippen LogP contribution >= 0.6 is 22.9 Å². The number of likely N-dealkylation sites (N-methyl/N-ethyl adjacent to an activating group) is 1. The van der Waals surface area contributed by atoms with Gasteiger partial charge in [-0.25, -0.2) is 0 Å². The summed E-state index contributed by atoms with van der Waals surface area (Å²) in [5.74, 6) is -1.53. The van der Waals surface area contributed by atoms with Gasteiger partial charge in [-0.1, -0.05) is 22.9 Å². The van der Waals surface area contributed by atoms with E-state index in [1.165, 1.54) is 29.7 Å². The molecule has 0 bridgehead atoms. The van der Waals surface area contributed by atoms with Crippen LogP contribution in [0.1, 0.15) is 15.4 Å². The number of hydrogen-bond acceptors (Lipinski definition) is 10. The summed E-state index contributed by atoms with van der Waals surface area (Å²) < 4.78 is 42.9. The number of piperazine rings is 1. The van der Waals surface area contributed by atoms with Crippen LogP contribution in [0.5, 0.6) is 5.75 Å². The molecule has 0 radical (unpaired) electrons. The van der Waals surface area contributed by atoms with Crippen molar-refractivity contribution in [1.82, 2.24) is 25.0 Å². The minimum atomic E-state index is -4.97. The highest BCUT2D eigenvalue weighted by atomic mass is 35.5. The summed E-state index contributed by atoms with van der Waals surface area (Å²) in [6, 6.07) is 5.06. The third kappa shape index (κ3) is 9.51. The zero-order valence-electron chi connectivity index (χ0n) is 21.0. The monoisotopic (exact) mass is 600 g/mol. The minimum Gasteiger partial charge on any atom is -0.483 e. The lowest BCUT2D eigenvalue weighted by Gasteiger charge is -2.31. The Labute approximate surface area is 235 Å². The van der Waals surface area contributed by atoms with Crippen LogP contribution in [0.4, 0.5) is 18.9 Å². The predicted molar refractivity (Wildman–Crippen MR) is 141 cm³/mol. The van der Waals surface area contributed by atoms with Gasteiger partial charge < -0.3 is 20.1 Å². The van der Waals surface area contributed by atoms with E-state index >= 15 is 0 Å². The van der Waals surface area contributed by atoms with E-state index in [4.69, 9.17) is 21.5 Å². The van der Waals surface area contributed by atoms with Gasteiger partial charge in [0.1, 0.15) is 10.0 Å². The van der Waals surface area contributed by atoms with Crippen molar-refractivity contribution in [3.05, 3.63) is 52.3 Å². The number of carbonyl (C=O) groups excluding carboxylic acids is 2. The maximum atomic E-state index is 12.9. The summed E-state index contributed by atoms with van der Waals surface area (Å²) in [6.07, 6.45) is -2.07. The fourth-order valence-corrected chi connectivity index (χ4v) is 4.62. The molecule has 0 unspecified atom stereocenters. The van der Waals surface area contributed by atoms with Crippen LogP contribution in [0.15, 0.2) is 36.7 Å². The van der Waals surface area contributed by atoms with E-state index in [-0.39, 0.29) is 30.7 Å².